The molecule has 7 heteroatoms. The molecular formula is C19H18FN3O3. The van der Waals surface area contributed by atoms with Crippen LogP contribution in [-0.2, 0) is 14.3 Å². The molecule has 0 aliphatic carbocycles. The molecule has 0 unspecified atom stereocenters. The Bertz CT molecular complexity index is 882. The van der Waals surface area contributed by atoms with Gasteiger partial charge in [0.05, 0.1) is 18.0 Å². The maximum atomic E-state index is 14.3. The van der Waals surface area contributed by atoms with E-state index in [1.807, 2.05) is 0 Å². The molecule has 0 saturated heterocycles. The molecule has 0 aromatic heterocycles. The molecule has 2 N–H and O–H groups in total. The first kappa shape index (κ1) is 17.8. The highest BCUT2D eigenvalue weighted by Gasteiger charge is 2.32. The molecule has 1 atom stereocenters. The first-order chi connectivity index (χ1) is 12.5. The van der Waals surface area contributed by atoms with E-state index in [2.05, 4.69) is 4.99 Å². The summed E-state index contributed by atoms with van der Waals surface area (Å²) in [4.78, 5) is 30.1. The van der Waals surface area contributed by atoms with Crippen molar-refractivity contribution in [2.75, 3.05) is 18.1 Å². The second kappa shape index (κ2) is 7.45. The lowest BCUT2D eigenvalue weighted by Crippen LogP contribution is -2.45. The maximum Gasteiger partial charge on any atom is 0.326 e. The number of aliphatic imine (C=N–C) groups is 1. The molecule has 26 heavy (non-hydrogen) atoms. The second-order valence-corrected chi connectivity index (χ2v) is 5.65. The van der Waals surface area contributed by atoms with Crippen molar-refractivity contribution >= 4 is 23.3 Å². The minimum Gasteiger partial charge on any atom is -0.465 e. The molecule has 1 aliphatic heterocycles. The van der Waals surface area contributed by atoms with E-state index in [1.165, 1.54) is 11.0 Å². The molecule has 3 rings (SSSR count). The zero-order valence-electron chi connectivity index (χ0n) is 14.2. The molecule has 1 aliphatic rings. The highest BCUT2D eigenvalue weighted by atomic mass is 19.1. The van der Waals surface area contributed by atoms with Gasteiger partial charge in [0.25, 0.3) is 5.91 Å². The van der Waals surface area contributed by atoms with Crippen molar-refractivity contribution in [3.05, 3.63) is 65.5 Å². The Kier molecular flexibility index (Phi) is 5.09. The largest absolute Gasteiger partial charge is 0.465 e. The van der Waals surface area contributed by atoms with Crippen LogP contribution in [0.2, 0.25) is 0 Å². The van der Waals surface area contributed by atoms with Gasteiger partial charge in [-0.1, -0.05) is 30.3 Å². The van der Waals surface area contributed by atoms with E-state index < -0.39 is 23.9 Å². The Morgan fingerprint density at radius 3 is 2.54 bits per heavy atom. The van der Waals surface area contributed by atoms with Crippen LogP contribution in [0.15, 0.2) is 53.5 Å². The lowest BCUT2D eigenvalue weighted by Gasteiger charge is -2.23. The number of nitrogens with two attached hydrogens (primary N) is 1. The monoisotopic (exact) mass is 355 g/mol. The van der Waals surface area contributed by atoms with Crippen molar-refractivity contribution in [3.63, 3.8) is 0 Å². The molecule has 1 amide bonds. The quantitative estimate of drug-likeness (QED) is 0.849. The number of carbonyl (C=O) groups excluding carboxylic acids is 2. The summed E-state index contributed by atoms with van der Waals surface area (Å²) in [5.74, 6) is -1.59. The predicted molar refractivity (Wildman–Crippen MR) is 95.4 cm³/mol. The van der Waals surface area contributed by atoms with E-state index in [0.29, 0.717) is 11.3 Å². The van der Waals surface area contributed by atoms with E-state index in [-0.39, 0.29) is 24.4 Å². The minimum atomic E-state index is -1.26. The number of ether oxygens (including phenoxy) is 1. The highest BCUT2D eigenvalue weighted by Crippen LogP contribution is 2.28. The average molecular weight is 355 g/mol. The van der Waals surface area contributed by atoms with E-state index in [1.54, 1.807) is 49.4 Å². The van der Waals surface area contributed by atoms with E-state index >= 15 is 0 Å². The number of esters is 1. The van der Waals surface area contributed by atoms with Gasteiger partial charge in [-0.2, -0.15) is 0 Å². The van der Waals surface area contributed by atoms with Gasteiger partial charge in [-0.25, -0.2) is 4.39 Å². The maximum absolute atomic E-state index is 14.3. The zero-order valence-corrected chi connectivity index (χ0v) is 14.2. The number of benzodiazepines with no additional fused rings is 1. The SMILES string of the molecule is CCOC(=O)CN1C(=O)[C@@H](N)N=C(c2ccccc2F)c2ccccc21. The van der Waals surface area contributed by atoms with Crippen molar-refractivity contribution < 1.29 is 18.7 Å². The Morgan fingerprint density at radius 1 is 1.19 bits per heavy atom. The molecule has 0 saturated carbocycles. The summed E-state index contributed by atoms with van der Waals surface area (Å²) in [5, 5.41) is 0. The third-order valence-corrected chi connectivity index (χ3v) is 3.96. The molecule has 0 fully saturated rings. The van der Waals surface area contributed by atoms with Gasteiger partial charge in [-0.15, -0.1) is 0 Å². The fraction of sp³-hybridized carbons (Fsp3) is 0.211. The average Bonchev–Trinajstić information content (AvgIpc) is 2.73. The van der Waals surface area contributed by atoms with Crippen molar-refractivity contribution in [3.8, 4) is 0 Å². The number of para-hydroxylation sites is 1. The van der Waals surface area contributed by atoms with Crippen molar-refractivity contribution in [2.24, 2.45) is 10.7 Å². The predicted octanol–water partition coefficient (Wildman–Crippen LogP) is 1.86. The number of anilines is 1. The zero-order chi connectivity index (χ0) is 18.7. The summed E-state index contributed by atoms with van der Waals surface area (Å²) in [6.07, 6.45) is -1.26. The number of fused-ring (bicyclic) bond motifs is 1. The topological polar surface area (TPSA) is 85.0 Å². The number of nitrogens with zero attached hydrogens (tertiary/aromatic N) is 2. The third-order valence-electron chi connectivity index (χ3n) is 3.96. The first-order valence-electron chi connectivity index (χ1n) is 8.17. The molecule has 134 valence electrons. The Morgan fingerprint density at radius 2 is 1.85 bits per heavy atom. The lowest BCUT2D eigenvalue weighted by atomic mass is 10.00. The van der Waals surface area contributed by atoms with Gasteiger partial charge < -0.3 is 10.5 Å². The van der Waals surface area contributed by atoms with Gasteiger partial charge in [-0.05, 0) is 25.1 Å². The van der Waals surface area contributed by atoms with Gasteiger partial charge in [0.15, 0.2) is 6.17 Å². The van der Waals surface area contributed by atoms with Gasteiger partial charge in [0.2, 0.25) is 0 Å². The van der Waals surface area contributed by atoms with Crippen LogP contribution in [0, 0.1) is 5.82 Å². The van der Waals surface area contributed by atoms with Crippen LogP contribution in [0.5, 0.6) is 0 Å². The normalized spacial score (nSPS) is 16.6. The minimum absolute atomic E-state index is 0.200. The van der Waals surface area contributed by atoms with Crippen LogP contribution in [0.1, 0.15) is 18.1 Å². The van der Waals surface area contributed by atoms with Gasteiger partial charge in [0.1, 0.15) is 12.4 Å². The van der Waals surface area contributed by atoms with Crippen LogP contribution in [0.25, 0.3) is 0 Å². The number of benzene rings is 2. The first-order valence-corrected chi connectivity index (χ1v) is 8.17. The van der Waals surface area contributed by atoms with Crippen LogP contribution < -0.4 is 10.6 Å². The molecule has 0 radical (unpaired) electrons. The molecule has 0 bridgehead atoms. The Balaban J connectivity index is 2.13. The number of hydrogen-bond acceptors (Lipinski definition) is 5. The number of hydrogen-bond donors (Lipinski definition) is 1. The van der Waals surface area contributed by atoms with Crippen molar-refractivity contribution in [1.82, 2.24) is 0 Å². The summed E-state index contributed by atoms with van der Waals surface area (Å²) in [6.45, 7) is 1.59. The molecular weight excluding hydrogens is 337 g/mol. The number of carbonyl (C=O) groups is 2. The van der Waals surface area contributed by atoms with Gasteiger partial charge in [0, 0.05) is 11.1 Å². The summed E-state index contributed by atoms with van der Waals surface area (Å²) in [7, 11) is 0. The number of halogens is 1. The van der Waals surface area contributed by atoms with Crippen molar-refractivity contribution in [1.29, 1.82) is 0 Å². The van der Waals surface area contributed by atoms with Gasteiger partial charge in [-0.3, -0.25) is 19.5 Å². The standard InChI is InChI=1S/C19H18FN3O3/c1-2-26-16(24)11-23-15-10-6-4-8-13(15)17(22-18(21)19(23)25)12-7-3-5-9-14(12)20/h3-10,18H,2,11,21H2,1H3/t18-/m0/s1. The fourth-order valence-corrected chi connectivity index (χ4v) is 2.82. The summed E-state index contributed by atoms with van der Waals surface area (Å²) in [5.41, 5.74) is 7.38. The molecule has 2 aromatic carbocycles. The summed E-state index contributed by atoms with van der Waals surface area (Å²) < 4.78 is 19.3. The Hall–Kier alpha value is -3.06. The fourth-order valence-electron chi connectivity index (χ4n) is 2.82. The van der Waals surface area contributed by atoms with Crippen molar-refractivity contribution in [2.45, 2.75) is 13.1 Å². The van der Waals surface area contributed by atoms with Gasteiger partial charge >= 0.3 is 5.97 Å². The van der Waals surface area contributed by atoms with E-state index in [0.717, 1.165) is 0 Å². The van der Waals surface area contributed by atoms with Crippen LogP contribution >= 0.6 is 0 Å². The van der Waals surface area contributed by atoms with Crippen LogP contribution in [0.3, 0.4) is 0 Å². The number of amides is 1. The summed E-state index contributed by atoms with van der Waals surface area (Å²) >= 11 is 0. The third kappa shape index (κ3) is 3.34. The second-order valence-electron chi connectivity index (χ2n) is 5.65. The van der Waals surface area contributed by atoms with Crippen LogP contribution in [-0.4, -0.2) is 36.9 Å². The van der Waals surface area contributed by atoms with Crippen LogP contribution in [0.4, 0.5) is 10.1 Å². The Labute approximate surface area is 150 Å². The number of rotatable bonds is 4. The molecule has 2 aromatic rings. The lowest BCUT2D eigenvalue weighted by molar-refractivity contribution is -0.142. The molecule has 0 spiro atoms. The highest BCUT2D eigenvalue weighted by molar-refractivity contribution is 6.20. The molecule has 1 heterocycles. The van der Waals surface area contributed by atoms with E-state index in [4.69, 9.17) is 10.5 Å². The molecule has 6 nitrogen and oxygen atoms in total. The smallest absolute Gasteiger partial charge is 0.326 e. The van der Waals surface area contributed by atoms with E-state index in [9.17, 15) is 14.0 Å². The summed E-state index contributed by atoms with van der Waals surface area (Å²) in [6, 6.07) is 13.0.